The van der Waals surface area contributed by atoms with E-state index in [0.717, 1.165) is 32.4 Å². The Morgan fingerprint density at radius 1 is 1.19 bits per heavy atom. The molecule has 2 aliphatic heterocycles. The van der Waals surface area contributed by atoms with Crippen molar-refractivity contribution in [3.63, 3.8) is 0 Å². The zero-order valence-corrected chi connectivity index (χ0v) is 14.9. The van der Waals surface area contributed by atoms with Gasteiger partial charge in [0.05, 0.1) is 12.0 Å². The predicted molar refractivity (Wildman–Crippen MR) is 101 cm³/mol. The van der Waals surface area contributed by atoms with Gasteiger partial charge in [0.1, 0.15) is 12.3 Å². The summed E-state index contributed by atoms with van der Waals surface area (Å²) < 4.78 is 11.0. The van der Waals surface area contributed by atoms with Crippen molar-refractivity contribution in [2.45, 2.75) is 19.3 Å². The third kappa shape index (κ3) is 3.53. The minimum absolute atomic E-state index is 0.0475. The van der Waals surface area contributed by atoms with Gasteiger partial charge in [0.2, 0.25) is 5.91 Å². The molecular weight excluding hydrogens is 346 g/mol. The van der Waals surface area contributed by atoms with E-state index in [1.54, 1.807) is 30.3 Å². The maximum atomic E-state index is 13.0. The van der Waals surface area contributed by atoms with Crippen LogP contribution in [0.3, 0.4) is 0 Å². The van der Waals surface area contributed by atoms with Crippen LogP contribution in [0.15, 0.2) is 46.8 Å². The normalized spacial score (nSPS) is 18.4. The van der Waals surface area contributed by atoms with Crippen molar-refractivity contribution in [2.75, 3.05) is 30.3 Å². The molecule has 0 bridgehead atoms. The highest BCUT2D eigenvalue weighted by Crippen LogP contribution is 2.37. The van der Waals surface area contributed by atoms with Crippen LogP contribution in [0, 0.1) is 0 Å². The molecule has 0 unspecified atom stereocenters. The molecule has 1 aromatic carbocycles. The van der Waals surface area contributed by atoms with Crippen molar-refractivity contribution in [1.29, 1.82) is 0 Å². The monoisotopic (exact) mass is 367 g/mol. The topological polar surface area (TPSA) is 89.0 Å². The Morgan fingerprint density at radius 3 is 2.74 bits per heavy atom. The second-order valence-electron chi connectivity index (χ2n) is 6.69. The molecule has 140 valence electrons. The number of nitrogens with two attached hydrogens (primary N) is 1. The van der Waals surface area contributed by atoms with Gasteiger partial charge in [-0.2, -0.15) is 0 Å². The Kier molecular flexibility index (Phi) is 4.58. The third-order valence-electron chi connectivity index (χ3n) is 4.77. The number of nitrogen functional groups attached to an aromatic ring is 1. The quantitative estimate of drug-likeness (QED) is 0.665. The average Bonchev–Trinajstić information content (AvgIpc) is 3.19. The number of fused-ring (bicyclic) bond motifs is 1. The van der Waals surface area contributed by atoms with E-state index in [9.17, 15) is 9.59 Å². The first-order valence-corrected chi connectivity index (χ1v) is 9.04. The summed E-state index contributed by atoms with van der Waals surface area (Å²) in [5, 5.41) is 0. The van der Waals surface area contributed by atoms with Gasteiger partial charge < -0.3 is 19.8 Å². The number of furan rings is 1. The van der Waals surface area contributed by atoms with Gasteiger partial charge in [-0.3, -0.25) is 14.5 Å². The maximum absolute atomic E-state index is 13.0. The van der Waals surface area contributed by atoms with Crippen LogP contribution in [0.4, 0.5) is 11.4 Å². The number of carbonyl (C=O) groups is 2. The summed E-state index contributed by atoms with van der Waals surface area (Å²) in [6.45, 7) is 1.42. The van der Waals surface area contributed by atoms with Crippen LogP contribution >= 0.6 is 0 Å². The van der Waals surface area contributed by atoms with Gasteiger partial charge in [0.15, 0.2) is 11.5 Å². The largest absolute Gasteiger partial charge is 0.465 e. The van der Waals surface area contributed by atoms with E-state index >= 15 is 0 Å². The van der Waals surface area contributed by atoms with E-state index in [-0.39, 0.29) is 18.2 Å². The Labute approximate surface area is 157 Å². The summed E-state index contributed by atoms with van der Waals surface area (Å²) in [5.74, 6) is 0.617. The van der Waals surface area contributed by atoms with Crippen LogP contribution in [-0.2, 0) is 9.59 Å². The van der Waals surface area contributed by atoms with Crippen molar-refractivity contribution in [3.8, 4) is 5.75 Å². The zero-order valence-electron chi connectivity index (χ0n) is 14.9. The fourth-order valence-corrected chi connectivity index (χ4v) is 3.37. The minimum Gasteiger partial charge on any atom is -0.465 e. The molecule has 1 fully saturated rings. The zero-order chi connectivity index (χ0) is 18.8. The molecule has 0 atom stereocenters. The van der Waals surface area contributed by atoms with Gasteiger partial charge >= 0.3 is 0 Å². The molecule has 2 amide bonds. The molecule has 3 heterocycles. The second-order valence-corrected chi connectivity index (χ2v) is 6.69. The summed E-state index contributed by atoms with van der Waals surface area (Å²) in [4.78, 5) is 29.0. The molecule has 7 nitrogen and oxygen atoms in total. The molecule has 2 aromatic rings. The highest BCUT2D eigenvalue weighted by Gasteiger charge is 2.33. The fourth-order valence-electron chi connectivity index (χ4n) is 3.37. The van der Waals surface area contributed by atoms with E-state index in [4.69, 9.17) is 14.9 Å². The lowest BCUT2D eigenvalue weighted by Gasteiger charge is -2.33. The molecule has 0 aliphatic carbocycles. The first kappa shape index (κ1) is 17.2. The van der Waals surface area contributed by atoms with E-state index in [1.165, 1.54) is 17.2 Å². The van der Waals surface area contributed by atoms with E-state index in [0.29, 0.717) is 22.9 Å². The lowest BCUT2D eigenvalue weighted by atomic mass is 10.1. The third-order valence-corrected chi connectivity index (χ3v) is 4.77. The number of anilines is 2. The number of amides is 2. The van der Waals surface area contributed by atoms with Crippen molar-refractivity contribution in [2.24, 2.45) is 0 Å². The summed E-state index contributed by atoms with van der Waals surface area (Å²) in [6.07, 6.45) is 6.17. The van der Waals surface area contributed by atoms with E-state index in [1.807, 2.05) is 4.90 Å². The van der Waals surface area contributed by atoms with E-state index < -0.39 is 5.91 Å². The lowest BCUT2D eigenvalue weighted by molar-refractivity contribution is -0.132. The highest BCUT2D eigenvalue weighted by molar-refractivity contribution is 6.12. The standard InChI is InChI=1S/C20H21N3O4/c21-14-6-7-17-16(11-14)23(13-19(24)22-8-2-1-3-9-22)20(25)18(27-17)12-15-5-4-10-26-15/h4-7,10-12H,1-3,8-9,13,21H2/b18-12+. The number of nitrogens with zero attached hydrogens (tertiary/aromatic N) is 2. The van der Waals surface area contributed by atoms with Gasteiger partial charge in [-0.15, -0.1) is 0 Å². The van der Waals surface area contributed by atoms with Crippen molar-refractivity contribution < 1.29 is 18.7 Å². The van der Waals surface area contributed by atoms with Crippen LogP contribution in [0.1, 0.15) is 25.0 Å². The molecule has 0 spiro atoms. The molecule has 1 saturated heterocycles. The molecule has 27 heavy (non-hydrogen) atoms. The van der Waals surface area contributed by atoms with Gasteiger partial charge in [-0.1, -0.05) is 0 Å². The molecule has 2 aliphatic rings. The summed E-state index contributed by atoms with van der Waals surface area (Å²) in [5.41, 5.74) is 6.89. The van der Waals surface area contributed by atoms with Crippen LogP contribution in [0.5, 0.6) is 5.75 Å². The first-order valence-electron chi connectivity index (χ1n) is 9.04. The molecular formula is C20H21N3O4. The maximum Gasteiger partial charge on any atom is 0.294 e. The number of ether oxygens (including phenoxy) is 1. The summed E-state index contributed by atoms with van der Waals surface area (Å²) in [6, 6.07) is 8.51. The SMILES string of the molecule is Nc1ccc2c(c1)N(CC(=O)N1CCCCC1)C(=O)/C(=C\c1ccco1)O2. The van der Waals surface area contributed by atoms with Crippen LogP contribution in [0.25, 0.3) is 6.08 Å². The Morgan fingerprint density at radius 2 is 2.00 bits per heavy atom. The first-order chi connectivity index (χ1) is 13.1. The average molecular weight is 367 g/mol. The van der Waals surface area contributed by atoms with Gasteiger partial charge in [-0.05, 0) is 49.6 Å². The van der Waals surface area contributed by atoms with Gasteiger partial charge in [0.25, 0.3) is 5.91 Å². The lowest BCUT2D eigenvalue weighted by Crippen LogP contribution is -2.47. The number of piperidine rings is 1. The Bertz CT molecular complexity index is 883. The van der Waals surface area contributed by atoms with Crippen LogP contribution in [0.2, 0.25) is 0 Å². The Balaban J connectivity index is 1.66. The predicted octanol–water partition coefficient (Wildman–Crippen LogP) is 2.64. The molecule has 0 saturated carbocycles. The minimum atomic E-state index is -0.394. The summed E-state index contributed by atoms with van der Waals surface area (Å²) >= 11 is 0. The van der Waals surface area contributed by atoms with Crippen molar-refractivity contribution >= 4 is 29.3 Å². The van der Waals surface area contributed by atoms with Crippen molar-refractivity contribution in [1.82, 2.24) is 4.90 Å². The molecule has 0 radical (unpaired) electrons. The smallest absolute Gasteiger partial charge is 0.294 e. The van der Waals surface area contributed by atoms with Crippen LogP contribution < -0.4 is 15.4 Å². The van der Waals surface area contributed by atoms with Gasteiger partial charge in [-0.25, -0.2) is 0 Å². The number of hydrogen-bond acceptors (Lipinski definition) is 5. The van der Waals surface area contributed by atoms with Gasteiger partial charge in [0, 0.05) is 24.9 Å². The Hall–Kier alpha value is -3.22. The molecule has 4 rings (SSSR count). The van der Waals surface area contributed by atoms with E-state index in [2.05, 4.69) is 0 Å². The fraction of sp³-hybridized carbons (Fsp3) is 0.300. The number of benzene rings is 1. The van der Waals surface area contributed by atoms with Crippen molar-refractivity contribution in [3.05, 3.63) is 48.1 Å². The number of carbonyl (C=O) groups excluding carboxylic acids is 2. The second kappa shape index (κ2) is 7.19. The molecule has 1 aromatic heterocycles. The number of hydrogen-bond donors (Lipinski definition) is 1. The molecule has 2 N–H and O–H groups in total. The highest BCUT2D eigenvalue weighted by atomic mass is 16.5. The molecule has 7 heteroatoms. The number of likely N-dealkylation sites (tertiary alicyclic amines) is 1. The number of rotatable bonds is 3. The van der Waals surface area contributed by atoms with Crippen LogP contribution in [-0.4, -0.2) is 36.3 Å². The summed E-state index contributed by atoms with van der Waals surface area (Å²) in [7, 11) is 0.